The number of amides is 2. The van der Waals surface area contributed by atoms with Crippen molar-refractivity contribution in [2.24, 2.45) is 0 Å². The quantitative estimate of drug-likeness (QED) is 0.343. The Morgan fingerprint density at radius 3 is 2.77 bits per heavy atom. The fraction of sp³-hybridized carbons (Fsp3) is 0.231. The third kappa shape index (κ3) is 4.94. The Balaban J connectivity index is 1.33. The SMILES string of the molecule is O=C(NC[C@@H]1CCc2ccccc2N1Cc1cccc(C(F)(F)F)c1)Nc1cccc2[nH]ncc12. The molecule has 0 aliphatic carbocycles. The Kier molecular flexibility index (Phi) is 6.07. The Hall–Kier alpha value is -4.01. The van der Waals surface area contributed by atoms with Crippen molar-refractivity contribution in [3.05, 3.63) is 89.6 Å². The zero-order valence-electron chi connectivity index (χ0n) is 18.8. The molecular weight excluding hydrogens is 455 g/mol. The van der Waals surface area contributed by atoms with Crippen molar-refractivity contribution < 1.29 is 18.0 Å². The fourth-order valence-electron chi connectivity index (χ4n) is 4.60. The number of alkyl halides is 3. The van der Waals surface area contributed by atoms with E-state index in [9.17, 15) is 18.0 Å². The van der Waals surface area contributed by atoms with Gasteiger partial charge in [-0.15, -0.1) is 0 Å². The highest BCUT2D eigenvalue weighted by Gasteiger charge is 2.31. The zero-order valence-corrected chi connectivity index (χ0v) is 18.8. The minimum atomic E-state index is -4.40. The third-order valence-corrected chi connectivity index (χ3v) is 6.33. The van der Waals surface area contributed by atoms with Crippen LogP contribution in [-0.2, 0) is 19.1 Å². The van der Waals surface area contributed by atoms with Gasteiger partial charge in [-0.25, -0.2) is 4.79 Å². The number of fused-ring (bicyclic) bond motifs is 2. The lowest BCUT2D eigenvalue weighted by atomic mass is 9.94. The Morgan fingerprint density at radius 1 is 1.09 bits per heavy atom. The average Bonchev–Trinajstić information content (AvgIpc) is 3.33. The van der Waals surface area contributed by atoms with E-state index in [0.29, 0.717) is 24.3 Å². The number of H-pyrrole nitrogens is 1. The Bertz CT molecular complexity index is 1350. The molecule has 1 aromatic heterocycles. The number of aryl methyl sites for hydroxylation is 1. The van der Waals surface area contributed by atoms with Gasteiger partial charge < -0.3 is 15.5 Å². The molecule has 0 spiro atoms. The monoisotopic (exact) mass is 479 g/mol. The summed E-state index contributed by atoms with van der Waals surface area (Å²) in [5.74, 6) is 0. The molecule has 35 heavy (non-hydrogen) atoms. The van der Waals surface area contributed by atoms with Crippen LogP contribution in [0.1, 0.15) is 23.1 Å². The van der Waals surface area contributed by atoms with Gasteiger partial charge in [-0.3, -0.25) is 5.10 Å². The molecule has 180 valence electrons. The lowest BCUT2D eigenvalue weighted by molar-refractivity contribution is -0.137. The summed E-state index contributed by atoms with van der Waals surface area (Å²) >= 11 is 0. The van der Waals surface area contributed by atoms with Crippen LogP contribution in [0.5, 0.6) is 0 Å². The van der Waals surface area contributed by atoms with Gasteiger partial charge in [0.1, 0.15) is 0 Å². The Morgan fingerprint density at radius 2 is 1.91 bits per heavy atom. The van der Waals surface area contributed by atoms with E-state index in [-0.39, 0.29) is 12.1 Å². The van der Waals surface area contributed by atoms with Crippen LogP contribution in [0, 0.1) is 0 Å². The second-order valence-corrected chi connectivity index (χ2v) is 8.62. The summed E-state index contributed by atoms with van der Waals surface area (Å²) in [5, 5.41) is 13.5. The number of benzene rings is 3. The number of aromatic nitrogens is 2. The number of anilines is 2. The number of para-hydroxylation sites is 1. The summed E-state index contributed by atoms with van der Waals surface area (Å²) in [6.07, 6.45) is -1.14. The molecule has 0 saturated heterocycles. The van der Waals surface area contributed by atoms with Crippen molar-refractivity contribution >= 4 is 28.3 Å². The smallest absolute Gasteiger partial charge is 0.362 e. The van der Waals surface area contributed by atoms with Crippen LogP contribution in [0.25, 0.3) is 10.9 Å². The molecule has 1 aliphatic heterocycles. The first kappa shape index (κ1) is 22.8. The lowest BCUT2D eigenvalue weighted by Gasteiger charge is -2.39. The van der Waals surface area contributed by atoms with Gasteiger partial charge in [0.15, 0.2) is 0 Å². The highest BCUT2D eigenvalue weighted by molar-refractivity contribution is 6.00. The summed E-state index contributed by atoms with van der Waals surface area (Å²) in [5.41, 5.74) is 3.49. The van der Waals surface area contributed by atoms with Gasteiger partial charge in [-0.05, 0) is 54.3 Å². The maximum atomic E-state index is 13.3. The summed E-state index contributed by atoms with van der Waals surface area (Å²) < 4.78 is 39.8. The number of aromatic amines is 1. The molecule has 2 heterocycles. The second kappa shape index (κ2) is 9.32. The molecule has 0 saturated carbocycles. The molecule has 2 amide bonds. The Labute approximate surface area is 200 Å². The van der Waals surface area contributed by atoms with Crippen LogP contribution >= 0.6 is 0 Å². The molecule has 4 aromatic rings. The molecule has 0 fully saturated rings. The second-order valence-electron chi connectivity index (χ2n) is 8.62. The first-order chi connectivity index (χ1) is 16.9. The standard InChI is InChI=1S/C26H24F3N5O/c27-26(28,29)19-7-3-5-17(13-19)16-34-20(12-11-18-6-1-2-10-24(18)34)14-30-25(35)32-22-8-4-9-23-21(22)15-31-33-23/h1-10,13,15,20H,11-12,14,16H2,(H,31,33)(H2,30,32,35)/t20-/m0/s1. The van der Waals surface area contributed by atoms with E-state index in [1.807, 2.05) is 36.4 Å². The van der Waals surface area contributed by atoms with E-state index in [1.54, 1.807) is 18.3 Å². The van der Waals surface area contributed by atoms with Gasteiger partial charge in [-0.1, -0.05) is 36.4 Å². The minimum absolute atomic E-state index is 0.0742. The summed E-state index contributed by atoms with van der Waals surface area (Å²) in [6.45, 7) is 0.656. The highest BCUT2D eigenvalue weighted by Crippen LogP contribution is 2.34. The topological polar surface area (TPSA) is 73.1 Å². The molecule has 3 N–H and O–H groups in total. The highest BCUT2D eigenvalue weighted by atomic mass is 19.4. The number of carbonyl (C=O) groups excluding carboxylic acids is 1. The van der Waals surface area contributed by atoms with Gasteiger partial charge in [0.05, 0.1) is 23.0 Å². The largest absolute Gasteiger partial charge is 0.416 e. The fourth-order valence-corrected chi connectivity index (χ4v) is 4.60. The van der Waals surface area contributed by atoms with Gasteiger partial charge in [0.2, 0.25) is 0 Å². The van der Waals surface area contributed by atoms with Crippen molar-refractivity contribution in [3.8, 4) is 0 Å². The van der Waals surface area contributed by atoms with E-state index in [0.717, 1.165) is 41.1 Å². The molecule has 0 bridgehead atoms. The van der Waals surface area contributed by atoms with Crippen LogP contribution in [0.15, 0.2) is 72.9 Å². The number of nitrogens with zero attached hydrogens (tertiary/aromatic N) is 2. The molecule has 1 atom stereocenters. The first-order valence-corrected chi connectivity index (χ1v) is 11.4. The van der Waals surface area contributed by atoms with Crippen molar-refractivity contribution in [3.63, 3.8) is 0 Å². The van der Waals surface area contributed by atoms with E-state index in [2.05, 4.69) is 25.7 Å². The number of rotatable bonds is 5. The van der Waals surface area contributed by atoms with Crippen molar-refractivity contribution in [2.75, 3.05) is 16.8 Å². The number of carbonyl (C=O) groups is 1. The summed E-state index contributed by atoms with van der Waals surface area (Å²) in [4.78, 5) is 14.8. The number of halogens is 3. The molecule has 0 radical (unpaired) electrons. The summed E-state index contributed by atoms with van der Waals surface area (Å²) in [7, 11) is 0. The van der Waals surface area contributed by atoms with Crippen LogP contribution in [0.2, 0.25) is 0 Å². The summed E-state index contributed by atoms with van der Waals surface area (Å²) in [6, 6.07) is 18.4. The van der Waals surface area contributed by atoms with E-state index < -0.39 is 11.7 Å². The normalized spacial score (nSPS) is 15.6. The first-order valence-electron chi connectivity index (χ1n) is 11.4. The van der Waals surface area contributed by atoms with Gasteiger partial charge in [0, 0.05) is 30.2 Å². The zero-order chi connectivity index (χ0) is 24.4. The van der Waals surface area contributed by atoms with Crippen molar-refractivity contribution in [1.82, 2.24) is 15.5 Å². The minimum Gasteiger partial charge on any atom is -0.362 e. The molecule has 1 aliphatic rings. The maximum Gasteiger partial charge on any atom is 0.416 e. The van der Waals surface area contributed by atoms with Gasteiger partial charge >= 0.3 is 12.2 Å². The number of hydrogen-bond donors (Lipinski definition) is 3. The molecule has 6 nitrogen and oxygen atoms in total. The molecule has 3 aromatic carbocycles. The predicted octanol–water partition coefficient (Wildman–Crippen LogP) is 5.72. The average molecular weight is 480 g/mol. The molecule has 0 unspecified atom stereocenters. The molecule has 5 rings (SSSR count). The van der Waals surface area contributed by atoms with E-state index in [1.165, 1.54) is 12.1 Å². The van der Waals surface area contributed by atoms with Crippen LogP contribution in [-0.4, -0.2) is 28.8 Å². The van der Waals surface area contributed by atoms with E-state index >= 15 is 0 Å². The van der Waals surface area contributed by atoms with Gasteiger partial charge in [-0.2, -0.15) is 18.3 Å². The molecule has 9 heteroatoms. The lowest BCUT2D eigenvalue weighted by Crippen LogP contribution is -2.47. The number of hydrogen-bond acceptors (Lipinski definition) is 3. The van der Waals surface area contributed by atoms with Crippen molar-refractivity contribution in [1.29, 1.82) is 0 Å². The maximum absolute atomic E-state index is 13.3. The predicted molar refractivity (Wildman–Crippen MR) is 129 cm³/mol. The van der Waals surface area contributed by atoms with Crippen molar-refractivity contribution in [2.45, 2.75) is 31.6 Å². The number of urea groups is 1. The van der Waals surface area contributed by atoms with Crippen LogP contribution in [0.4, 0.5) is 29.3 Å². The third-order valence-electron chi connectivity index (χ3n) is 6.33. The van der Waals surface area contributed by atoms with Crippen LogP contribution < -0.4 is 15.5 Å². The van der Waals surface area contributed by atoms with Gasteiger partial charge in [0.25, 0.3) is 0 Å². The van der Waals surface area contributed by atoms with E-state index in [4.69, 9.17) is 0 Å². The van der Waals surface area contributed by atoms with Crippen LogP contribution in [0.3, 0.4) is 0 Å². The molecular formula is C26H24F3N5O. The number of nitrogens with one attached hydrogen (secondary N) is 3.